The molecule has 0 aliphatic carbocycles. The number of pyridine rings is 1. The zero-order valence-corrected chi connectivity index (χ0v) is 12.2. The van der Waals surface area contributed by atoms with Gasteiger partial charge in [0.05, 0.1) is 18.2 Å². The molecule has 0 atom stereocenters. The van der Waals surface area contributed by atoms with E-state index in [1.54, 1.807) is 0 Å². The van der Waals surface area contributed by atoms with Gasteiger partial charge in [-0.1, -0.05) is 13.8 Å². The first kappa shape index (κ1) is 14.0. The number of rotatable bonds is 5. The number of hydrogen-bond acceptors (Lipinski definition) is 3. The van der Waals surface area contributed by atoms with Crippen LogP contribution < -0.4 is 4.90 Å². The SMILES string of the molecule is Cc1nc(N(CCC#N)CC(C)C)ccc1Br. The number of aryl methyl sites for hydroxylation is 1. The van der Waals surface area contributed by atoms with Gasteiger partial charge in [0.15, 0.2) is 0 Å². The molecule has 17 heavy (non-hydrogen) atoms. The first-order valence-corrected chi connectivity index (χ1v) is 6.59. The molecule has 1 aromatic heterocycles. The largest absolute Gasteiger partial charge is 0.355 e. The van der Waals surface area contributed by atoms with E-state index < -0.39 is 0 Å². The average Bonchev–Trinajstić information content (AvgIpc) is 2.27. The lowest BCUT2D eigenvalue weighted by molar-refractivity contribution is 0.607. The van der Waals surface area contributed by atoms with Gasteiger partial charge in [-0.25, -0.2) is 4.98 Å². The van der Waals surface area contributed by atoms with E-state index in [1.165, 1.54) is 0 Å². The van der Waals surface area contributed by atoms with Crippen molar-refractivity contribution >= 4 is 21.7 Å². The minimum Gasteiger partial charge on any atom is -0.355 e. The average molecular weight is 296 g/mol. The highest BCUT2D eigenvalue weighted by Gasteiger charge is 2.10. The molecule has 4 heteroatoms. The van der Waals surface area contributed by atoms with Gasteiger partial charge in [0.25, 0.3) is 0 Å². The highest BCUT2D eigenvalue weighted by Crippen LogP contribution is 2.20. The maximum absolute atomic E-state index is 8.69. The molecule has 1 heterocycles. The monoisotopic (exact) mass is 295 g/mol. The Kier molecular flexibility index (Phi) is 5.43. The molecule has 1 rings (SSSR count). The van der Waals surface area contributed by atoms with Crippen LogP contribution in [0.4, 0.5) is 5.82 Å². The van der Waals surface area contributed by atoms with Crippen molar-refractivity contribution < 1.29 is 0 Å². The van der Waals surface area contributed by atoms with E-state index in [2.05, 4.69) is 45.7 Å². The van der Waals surface area contributed by atoms with Gasteiger partial charge < -0.3 is 4.90 Å². The highest BCUT2D eigenvalue weighted by molar-refractivity contribution is 9.10. The van der Waals surface area contributed by atoms with Crippen molar-refractivity contribution in [3.05, 3.63) is 22.3 Å². The highest BCUT2D eigenvalue weighted by atomic mass is 79.9. The molecule has 0 aliphatic rings. The van der Waals surface area contributed by atoms with E-state index in [1.807, 2.05) is 19.1 Å². The van der Waals surface area contributed by atoms with Crippen LogP contribution >= 0.6 is 15.9 Å². The van der Waals surface area contributed by atoms with E-state index >= 15 is 0 Å². The Balaban J connectivity index is 2.87. The van der Waals surface area contributed by atoms with Crippen LogP contribution in [-0.2, 0) is 0 Å². The van der Waals surface area contributed by atoms with Crippen molar-refractivity contribution in [2.45, 2.75) is 27.2 Å². The minimum atomic E-state index is 0.531. The summed E-state index contributed by atoms with van der Waals surface area (Å²) < 4.78 is 1.02. The minimum absolute atomic E-state index is 0.531. The first-order chi connectivity index (χ1) is 8.04. The van der Waals surface area contributed by atoms with Crippen LogP contribution in [0.3, 0.4) is 0 Å². The van der Waals surface area contributed by atoms with Gasteiger partial charge >= 0.3 is 0 Å². The smallest absolute Gasteiger partial charge is 0.128 e. The molecule has 0 N–H and O–H groups in total. The zero-order valence-electron chi connectivity index (χ0n) is 10.6. The predicted molar refractivity (Wildman–Crippen MR) is 74.0 cm³/mol. The summed E-state index contributed by atoms with van der Waals surface area (Å²) in [4.78, 5) is 6.72. The Bertz CT molecular complexity index is 410. The van der Waals surface area contributed by atoms with Crippen molar-refractivity contribution in [1.29, 1.82) is 5.26 Å². The second-order valence-electron chi connectivity index (χ2n) is 4.48. The summed E-state index contributed by atoms with van der Waals surface area (Å²) in [6, 6.07) is 6.20. The molecule has 0 aliphatic heterocycles. The van der Waals surface area contributed by atoms with Crippen LogP contribution in [0.25, 0.3) is 0 Å². The van der Waals surface area contributed by atoms with E-state index in [0.717, 1.165) is 29.1 Å². The topological polar surface area (TPSA) is 39.9 Å². The molecule has 0 bridgehead atoms. The lowest BCUT2D eigenvalue weighted by Gasteiger charge is -2.25. The second-order valence-corrected chi connectivity index (χ2v) is 5.34. The van der Waals surface area contributed by atoms with Crippen LogP contribution in [-0.4, -0.2) is 18.1 Å². The van der Waals surface area contributed by atoms with Crippen LogP contribution in [0.2, 0.25) is 0 Å². The van der Waals surface area contributed by atoms with Gasteiger partial charge in [-0.05, 0) is 40.9 Å². The number of hydrogen-bond donors (Lipinski definition) is 0. The van der Waals surface area contributed by atoms with Crippen molar-refractivity contribution in [3.63, 3.8) is 0 Å². The van der Waals surface area contributed by atoms with E-state index in [9.17, 15) is 0 Å². The summed E-state index contributed by atoms with van der Waals surface area (Å²) in [7, 11) is 0. The molecule has 3 nitrogen and oxygen atoms in total. The van der Waals surface area contributed by atoms with Crippen LogP contribution in [0, 0.1) is 24.2 Å². The molecule has 0 unspecified atom stereocenters. The molecule has 0 saturated carbocycles. The fraction of sp³-hybridized carbons (Fsp3) is 0.538. The molecule has 0 spiro atoms. The Morgan fingerprint density at radius 3 is 2.71 bits per heavy atom. The molecular formula is C13H18BrN3. The van der Waals surface area contributed by atoms with Gasteiger partial charge in [-0.3, -0.25) is 0 Å². The third kappa shape index (κ3) is 4.35. The molecule has 0 aromatic carbocycles. The first-order valence-electron chi connectivity index (χ1n) is 5.79. The number of aromatic nitrogens is 1. The van der Waals surface area contributed by atoms with Gasteiger partial charge in [-0.2, -0.15) is 5.26 Å². The maximum atomic E-state index is 8.69. The summed E-state index contributed by atoms with van der Waals surface area (Å²) in [6.45, 7) is 7.99. The van der Waals surface area contributed by atoms with Crippen molar-refractivity contribution in [1.82, 2.24) is 4.98 Å². The fourth-order valence-corrected chi connectivity index (χ4v) is 1.85. The standard InChI is InChI=1S/C13H18BrN3/c1-10(2)9-17(8-4-7-15)13-6-5-12(14)11(3)16-13/h5-6,10H,4,8-9H2,1-3H3. The number of nitriles is 1. The molecular weight excluding hydrogens is 278 g/mol. The van der Waals surface area contributed by atoms with E-state index in [4.69, 9.17) is 5.26 Å². The number of nitrogens with zero attached hydrogens (tertiary/aromatic N) is 3. The van der Waals surface area contributed by atoms with Crippen molar-refractivity contribution in [3.8, 4) is 6.07 Å². The van der Waals surface area contributed by atoms with Crippen LogP contribution in [0.1, 0.15) is 26.0 Å². The summed E-state index contributed by atoms with van der Waals surface area (Å²) >= 11 is 3.45. The Morgan fingerprint density at radius 2 is 2.18 bits per heavy atom. The quantitative estimate of drug-likeness (QED) is 0.834. The molecule has 0 radical (unpaired) electrons. The fourth-order valence-electron chi connectivity index (χ4n) is 1.63. The van der Waals surface area contributed by atoms with E-state index in [-0.39, 0.29) is 0 Å². The third-order valence-electron chi connectivity index (χ3n) is 2.41. The number of halogens is 1. The molecule has 0 fully saturated rings. The summed E-state index contributed by atoms with van der Waals surface area (Å²) in [5.41, 5.74) is 0.980. The van der Waals surface area contributed by atoms with Crippen molar-refractivity contribution in [2.75, 3.05) is 18.0 Å². The molecule has 0 saturated heterocycles. The Morgan fingerprint density at radius 1 is 1.47 bits per heavy atom. The Labute approximate surface area is 112 Å². The zero-order chi connectivity index (χ0) is 12.8. The lowest BCUT2D eigenvalue weighted by atomic mass is 10.2. The number of anilines is 1. The van der Waals surface area contributed by atoms with Crippen LogP contribution in [0.5, 0.6) is 0 Å². The summed E-state index contributed by atoms with van der Waals surface area (Å²) in [5, 5.41) is 8.69. The third-order valence-corrected chi connectivity index (χ3v) is 3.25. The van der Waals surface area contributed by atoms with Crippen LogP contribution in [0.15, 0.2) is 16.6 Å². The molecule has 0 amide bonds. The summed E-state index contributed by atoms with van der Waals surface area (Å²) in [5.74, 6) is 1.51. The predicted octanol–water partition coefficient (Wildman–Crippen LogP) is 3.53. The van der Waals surface area contributed by atoms with Gasteiger partial charge in [0.1, 0.15) is 5.82 Å². The Hall–Kier alpha value is -1.08. The lowest BCUT2D eigenvalue weighted by Crippen LogP contribution is -2.29. The second kappa shape index (κ2) is 6.61. The maximum Gasteiger partial charge on any atom is 0.128 e. The summed E-state index contributed by atoms with van der Waals surface area (Å²) in [6.07, 6.45) is 0.531. The van der Waals surface area contributed by atoms with Gasteiger partial charge in [0, 0.05) is 17.6 Å². The molecule has 92 valence electrons. The van der Waals surface area contributed by atoms with Gasteiger partial charge in [0.2, 0.25) is 0 Å². The van der Waals surface area contributed by atoms with Gasteiger partial charge in [-0.15, -0.1) is 0 Å². The van der Waals surface area contributed by atoms with Crippen molar-refractivity contribution in [2.24, 2.45) is 5.92 Å². The van der Waals surface area contributed by atoms with E-state index in [0.29, 0.717) is 12.3 Å². The normalized spacial score (nSPS) is 10.4. The molecule has 1 aromatic rings.